The Hall–Kier alpha value is -1.73. The average molecular weight is 258 g/mol. The first-order valence-corrected chi connectivity index (χ1v) is 6.75. The van der Waals surface area contributed by atoms with Crippen LogP contribution < -0.4 is 0 Å². The number of nitrogens with zero attached hydrogens (tertiary/aromatic N) is 2. The van der Waals surface area contributed by atoms with E-state index in [0.717, 1.165) is 25.9 Å². The number of aromatic nitrogens is 1. The van der Waals surface area contributed by atoms with Gasteiger partial charge in [0, 0.05) is 25.4 Å². The fourth-order valence-corrected chi connectivity index (χ4v) is 2.36. The van der Waals surface area contributed by atoms with E-state index >= 15 is 0 Å². The normalized spacial score (nSPS) is 20.5. The van der Waals surface area contributed by atoms with Crippen molar-refractivity contribution in [2.45, 2.75) is 44.1 Å². The number of hydrogen-bond acceptors (Lipinski definition) is 4. The highest BCUT2D eigenvalue weighted by atomic mass is 16.5. The monoisotopic (exact) mass is 258 g/mol. The fourth-order valence-electron chi connectivity index (χ4n) is 2.36. The molecule has 2 unspecified atom stereocenters. The van der Waals surface area contributed by atoms with E-state index in [1.54, 1.807) is 24.5 Å². The summed E-state index contributed by atoms with van der Waals surface area (Å²) in [5.41, 5.74) is 0.680. The van der Waals surface area contributed by atoms with Crippen molar-refractivity contribution in [2.24, 2.45) is 0 Å². The Labute approximate surface area is 113 Å². The lowest BCUT2D eigenvalue weighted by molar-refractivity contribution is -0.120. The third kappa shape index (κ3) is 3.87. The van der Waals surface area contributed by atoms with E-state index in [2.05, 4.69) is 11.1 Å². The van der Waals surface area contributed by atoms with Crippen LogP contribution in [0.15, 0.2) is 24.5 Å². The summed E-state index contributed by atoms with van der Waals surface area (Å²) < 4.78 is 5.60. The van der Waals surface area contributed by atoms with Crippen LogP contribution in [0.25, 0.3) is 0 Å². The molecule has 0 aliphatic carbocycles. The Morgan fingerprint density at radius 3 is 3.11 bits per heavy atom. The van der Waals surface area contributed by atoms with Crippen LogP contribution in [0, 0.1) is 11.3 Å². The molecule has 0 aromatic carbocycles. The molecule has 100 valence electrons. The summed E-state index contributed by atoms with van der Waals surface area (Å²) in [4.78, 5) is 16.1. The zero-order valence-corrected chi connectivity index (χ0v) is 10.9. The predicted octanol–water partition coefficient (Wildman–Crippen LogP) is 2.61. The second-order valence-corrected chi connectivity index (χ2v) is 4.84. The summed E-state index contributed by atoms with van der Waals surface area (Å²) in [7, 11) is 0. The van der Waals surface area contributed by atoms with Gasteiger partial charge >= 0.3 is 0 Å². The first-order chi connectivity index (χ1) is 9.31. The molecule has 0 bridgehead atoms. The van der Waals surface area contributed by atoms with Gasteiger partial charge in [-0.05, 0) is 37.3 Å². The molecular weight excluding hydrogens is 240 g/mol. The zero-order chi connectivity index (χ0) is 13.5. The van der Waals surface area contributed by atoms with Crippen LogP contribution >= 0.6 is 0 Å². The number of ether oxygens (including phenoxy) is 1. The molecule has 0 amide bonds. The van der Waals surface area contributed by atoms with Gasteiger partial charge in [-0.2, -0.15) is 5.26 Å². The van der Waals surface area contributed by atoms with Crippen LogP contribution in [-0.4, -0.2) is 23.5 Å². The van der Waals surface area contributed by atoms with E-state index in [1.807, 2.05) is 0 Å². The van der Waals surface area contributed by atoms with Crippen molar-refractivity contribution < 1.29 is 9.53 Å². The summed E-state index contributed by atoms with van der Waals surface area (Å²) in [5, 5.41) is 9.16. The molecule has 19 heavy (non-hydrogen) atoms. The lowest BCUT2D eigenvalue weighted by atomic mass is 9.93. The highest BCUT2D eigenvalue weighted by Gasteiger charge is 2.22. The average Bonchev–Trinajstić information content (AvgIpc) is 2.48. The first kappa shape index (κ1) is 13.7. The maximum atomic E-state index is 12.1. The first-order valence-electron chi connectivity index (χ1n) is 6.75. The molecule has 1 fully saturated rings. The van der Waals surface area contributed by atoms with Gasteiger partial charge in [0.1, 0.15) is 5.92 Å². The minimum absolute atomic E-state index is 0.0373. The van der Waals surface area contributed by atoms with Gasteiger partial charge in [-0.25, -0.2) is 0 Å². The van der Waals surface area contributed by atoms with Gasteiger partial charge in [0.15, 0.2) is 5.78 Å². The predicted molar refractivity (Wildman–Crippen MR) is 70.4 cm³/mol. The molecule has 1 aliphatic rings. The van der Waals surface area contributed by atoms with Gasteiger partial charge in [-0.15, -0.1) is 0 Å². The molecule has 1 aliphatic heterocycles. The lowest BCUT2D eigenvalue weighted by Gasteiger charge is -2.22. The Bertz CT molecular complexity index is 447. The smallest absolute Gasteiger partial charge is 0.154 e. The van der Waals surface area contributed by atoms with Gasteiger partial charge < -0.3 is 4.74 Å². The van der Waals surface area contributed by atoms with Crippen molar-refractivity contribution >= 4 is 5.78 Å². The van der Waals surface area contributed by atoms with Gasteiger partial charge in [-0.1, -0.05) is 6.07 Å². The second kappa shape index (κ2) is 7.01. The summed E-state index contributed by atoms with van der Waals surface area (Å²) in [5.74, 6) is -0.734. The summed E-state index contributed by atoms with van der Waals surface area (Å²) in [6, 6.07) is 5.60. The summed E-state index contributed by atoms with van der Waals surface area (Å²) in [6.45, 7) is 0.795. The van der Waals surface area contributed by atoms with Crippen LogP contribution in [0.5, 0.6) is 0 Å². The SMILES string of the molecule is N#CC(C(=O)CCC1CCCCO1)c1cccnc1. The number of ketones is 1. The molecule has 2 heterocycles. The number of rotatable bonds is 5. The number of nitriles is 1. The molecule has 4 nitrogen and oxygen atoms in total. The van der Waals surface area contributed by atoms with Gasteiger partial charge in [-0.3, -0.25) is 9.78 Å². The number of carbonyl (C=O) groups is 1. The maximum Gasteiger partial charge on any atom is 0.154 e. The summed E-state index contributed by atoms with van der Waals surface area (Å²) in [6.07, 6.45) is 7.84. The number of carbonyl (C=O) groups excluding carboxylic acids is 1. The third-order valence-corrected chi connectivity index (χ3v) is 3.46. The van der Waals surface area contributed by atoms with Crippen LogP contribution in [0.3, 0.4) is 0 Å². The van der Waals surface area contributed by atoms with Gasteiger partial charge in [0.05, 0.1) is 12.2 Å². The topological polar surface area (TPSA) is 63.0 Å². The van der Waals surface area contributed by atoms with Crippen LogP contribution in [0.4, 0.5) is 0 Å². The second-order valence-electron chi connectivity index (χ2n) is 4.84. The third-order valence-electron chi connectivity index (χ3n) is 3.46. The van der Waals surface area contributed by atoms with Gasteiger partial charge in [0.25, 0.3) is 0 Å². The maximum absolute atomic E-state index is 12.1. The van der Waals surface area contributed by atoms with Crippen molar-refractivity contribution in [2.75, 3.05) is 6.61 Å². The van der Waals surface area contributed by atoms with E-state index in [4.69, 9.17) is 10.00 Å². The Morgan fingerprint density at radius 1 is 1.58 bits per heavy atom. The summed E-state index contributed by atoms with van der Waals surface area (Å²) >= 11 is 0. The van der Waals surface area contributed by atoms with Gasteiger partial charge in [0.2, 0.25) is 0 Å². The zero-order valence-electron chi connectivity index (χ0n) is 10.9. The van der Waals surface area contributed by atoms with E-state index in [9.17, 15) is 4.79 Å². The molecule has 4 heteroatoms. The van der Waals surface area contributed by atoms with Crippen molar-refractivity contribution in [3.05, 3.63) is 30.1 Å². The van der Waals surface area contributed by atoms with E-state index < -0.39 is 5.92 Å². The fraction of sp³-hybridized carbons (Fsp3) is 0.533. The minimum atomic E-state index is -0.697. The van der Waals surface area contributed by atoms with E-state index in [0.29, 0.717) is 12.0 Å². The highest BCUT2D eigenvalue weighted by molar-refractivity contribution is 5.88. The van der Waals surface area contributed by atoms with Crippen LogP contribution in [-0.2, 0) is 9.53 Å². The van der Waals surface area contributed by atoms with E-state index in [-0.39, 0.29) is 11.9 Å². The van der Waals surface area contributed by atoms with Crippen molar-refractivity contribution in [1.29, 1.82) is 5.26 Å². The lowest BCUT2D eigenvalue weighted by Crippen LogP contribution is -2.21. The largest absolute Gasteiger partial charge is 0.378 e. The molecule has 1 saturated heterocycles. The minimum Gasteiger partial charge on any atom is -0.378 e. The molecule has 2 rings (SSSR count). The quantitative estimate of drug-likeness (QED) is 0.814. The molecule has 0 saturated carbocycles. The number of hydrogen-bond donors (Lipinski definition) is 0. The molecule has 1 aromatic heterocycles. The molecule has 0 spiro atoms. The standard InChI is InChI=1S/C15H18N2O2/c16-10-14(12-4-3-8-17-11-12)15(18)7-6-13-5-1-2-9-19-13/h3-4,8,11,13-14H,1-2,5-7,9H2. The Balaban J connectivity index is 1.89. The molecular formula is C15H18N2O2. The molecule has 1 aromatic rings. The molecule has 2 atom stereocenters. The van der Waals surface area contributed by atoms with Crippen molar-refractivity contribution in [3.8, 4) is 6.07 Å². The highest BCUT2D eigenvalue weighted by Crippen LogP contribution is 2.21. The Morgan fingerprint density at radius 2 is 2.47 bits per heavy atom. The van der Waals surface area contributed by atoms with Crippen LogP contribution in [0.1, 0.15) is 43.6 Å². The number of Topliss-reactive ketones (excluding diaryl/α,β-unsaturated/α-hetero) is 1. The van der Waals surface area contributed by atoms with E-state index in [1.165, 1.54) is 6.42 Å². The molecule has 0 N–H and O–H groups in total. The van der Waals surface area contributed by atoms with Crippen LogP contribution in [0.2, 0.25) is 0 Å². The molecule has 0 radical (unpaired) electrons. The Kier molecular flexibility index (Phi) is 5.05. The van der Waals surface area contributed by atoms with Crippen molar-refractivity contribution in [3.63, 3.8) is 0 Å². The van der Waals surface area contributed by atoms with Crippen molar-refractivity contribution in [1.82, 2.24) is 4.98 Å². The number of pyridine rings is 1.